The van der Waals surface area contributed by atoms with Crippen LogP contribution < -0.4 is 45.5 Å². The minimum atomic E-state index is -0.360. The van der Waals surface area contributed by atoms with E-state index in [1.807, 2.05) is 0 Å². The lowest BCUT2D eigenvalue weighted by atomic mass is 9.37. The SMILES string of the molecule is Cc1cc2c(c(C)c1N1c3cc(C(C)C)cc4c3B(c3oc5ccc(C(C)(C)C)cc5c31)c1oc3ccc(C(C)(C)C)cc3c1N4c1c(C)cc3c(c1C)OCCCO3)OCCCO2. The Balaban J connectivity index is 1.31. The molecule has 2 aromatic heterocycles. The van der Waals surface area contributed by atoms with Gasteiger partial charge in [0, 0.05) is 46.1 Å². The maximum Gasteiger partial charge on any atom is 0.342 e. The smallest absolute Gasteiger partial charge is 0.342 e. The van der Waals surface area contributed by atoms with E-state index in [9.17, 15) is 0 Å². The molecule has 0 radical (unpaired) electrons. The third-order valence-corrected chi connectivity index (χ3v) is 14.0. The molecule has 0 N–H and O–H groups in total. The third kappa shape index (κ3) is 6.01. The maximum atomic E-state index is 7.34. The molecule has 4 aliphatic rings. The van der Waals surface area contributed by atoms with Gasteiger partial charge in [0.1, 0.15) is 22.5 Å². The Morgan fingerprint density at radius 2 is 0.953 bits per heavy atom. The van der Waals surface area contributed by atoms with Crippen molar-refractivity contribution in [2.45, 2.75) is 113 Å². The quantitative estimate of drug-likeness (QED) is 0.163. The van der Waals surface area contributed by atoms with Crippen LogP contribution in [0.25, 0.3) is 21.9 Å². The molecule has 0 saturated carbocycles. The normalized spacial score (nSPS) is 15.7. The average molecular weight is 855 g/mol. The highest BCUT2D eigenvalue weighted by Gasteiger charge is 2.51. The summed E-state index contributed by atoms with van der Waals surface area (Å²) in [5.41, 5.74) is 18.7. The molecule has 64 heavy (non-hydrogen) atoms. The molecule has 0 aliphatic carbocycles. The van der Waals surface area contributed by atoms with Crippen LogP contribution in [0.1, 0.15) is 113 Å². The second-order valence-corrected chi connectivity index (χ2v) is 20.9. The van der Waals surface area contributed by atoms with Gasteiger partial charge in [-0.3, -0.25) is 0 Å². The Hall–Kier alpha value is -5.96. The number of aryl methyl sites for hydroxylation is 2. The second kappa shape index (κ2) is 14.3. The largest absolute Gasteiger partial charge is 0.490 e. The Morgan fingerprint density at radius 1 is 0.531 bits per heavy atom. The molecule has 6 heterocycles. The minimum Gasteiger partial charge on any atom is -0.490 e. The summed E-state index contributed by atoms with van der Waals surface area (Å²) < 4.78 is 40.5. The Morgan fingerprint density at radius 3 is 1.36 bits per heavy atom. The Labute approximate surface area is 377 Å². The molecule has 0 unspecified atom stereocenters. The fraction of sp³-hybridized carbons (Fsp3) is 0.382. The van der Waals surface area contributed by atoms with E-state index in [-0.39, 0.29) is 23.5 Å². The van der Waals surface area contributed by atoms with E-state index < -0.39 is 0 Å². The van der Waals surface area contributed by atoms with Gasteiger partial charge in [-0.1, -0.05) is 67.5 Å². The first kappa shape index (κ1) is 40.8. The predicted octanol–water partition coefficient (Wildman–Crippen LogP) is 12.5. The lowest BCUT2D eigenvalue weighted by molar-refractivity contribution is 0.296. The molecule has 0 saturated heterocycles. The number of ether oxygens (including phenoxy) is 4. The topological polar surface area (TPSA) is 69.7 Å². The molecule has 11 rings (SSSR count). The van der Waals surface area contributed by atoms with Crippen LogP contribution in [0.5, 0.6) is 23.0 Å². The summed E-state index contributed by atoms with van der Waals surface area (Å²) >= 11 is 0. The molecule has 8 nitrogen and oxygen atoms in total. The molecule has 328 valence electrons. The number of rotatable bonds is 3. The Kier molecular flexibility index (Phi) is 9.10. The number of hydrogen-bond donors (Lipinski definition) is 0. The summed E-state index contributed by atoms with van der Waals surface area (Å²) in [7, 11) is 0. The van der Waals surface area contributed by atoms with Crippen molar-refractivity contribution in [2.24, 2.45) is 0 Å². The molecular formula is C55H59BN2O6. The zero-order valence-corrected chi connectivity index (χ0v) is 39.5. The average Bonchev–Trinajstić information content (AvgIpc) is 3.58. The summed E-state index contributed by atoms with van der Waals surface area (Å²) in [6, 6.07) is 22.7. The zero-order chi connectivity index (χ0) is 44.7. The zero-order valence-electron chi connectivity index (χ0n) is 39.5. The van der Waals surface area contributed by atoms with Crippen molar-refractivity contribution in [3.8, 4) is 23.0 Å². The first-order chi connectivity index (χ1) is 30.5. The van der Waals surface area contributed by atoms with Crippen molar-refractivity contribution < 1.29 is 27.8 Å². The van der Waals surface area contributed by atoms with E-state index >= 15 is 0 Å². The van der Waals surface area contributed by atoms with Crippen LogP contribution in [0, 0.1) is 27.7 Å². The van der Waals surface area contributed by atoms with Crippen LogP contribution in [0.4, 0.5) is 34.1 Å². The van der Waals surface area contributed by atoms with Crippen LogP contribution in [0.3, 0.4) is 0 Å². The van der Waals surface area contributed by atoms with Gasteiger partial charge in [-0.25, -0.2) is 0 Å². The highest BCUT2D eigenvalue weighted by atomic mass is 16.5. The summed E-state index contributed by atoms with van der Waals surface area (Å²) in [6.45, 7) is 29.1. The minimum absolute atomic E-state index is 0.0881. The van der Waals surface area contributed by atoms with Gasteiger partial charge in [0.05, 0.1) is 49.2 Å². The van der Waals surface area contributed by atoms with Gasteiger partial charge in [0.15, 0.2) is 23.0 Å². The molecular weight excluding hydrogens is 795 g/mol. The molecule has 0 spiro atoms. The van der Waals surface area contributed by atoms with Gasteiger partial charge >= 0.3 is 6.71 Å². The lowest BCUT2D eigenvalue weighted by Gasteiger charge is -2.42. The highest BCUT2D eigenvalue weighted by molar-refractivity contribution is 6.99. The van der Waals surface area contributed by atoms with E-state index in [2.05, 4.69) is 154 Å². The molecule has 0 bridgehead atoms. The van der Waals surface area contributed by atoms with Gasteiger partial charge < -0.3 is 37.6 Å². The van der Waals surface area contributed by atoms with Crippen LogP contribution in [-0.2, 0) is 10.8 Å². The van der Waals surface area contributed by atoms with Crippen molar-refractivity contribution in [3.63, 3.8) is 0 Å². The van der Waals surface area contributed by atoms with Crippen molar-refractivity contribution in [1.29, 1.82) is 0 Å². The number of benzene rings is 5. The summed E-state index contributed by atoms with van der Waals surface area (Å²) in [5.74, 6) is 3.40. The van der Waals surface area contributed by atoms with E-state index in [1.54, 1.807) is 0 Å². The van der Waals surface area contributed by atoms with Crippen molar-refractivity contribution in [1.82, 2.24) is 0 Å². The number of anilines is 6. The summed E-state index contributed by atoms with van der Waals surface area (Å²) in [4.78, 5) is 4.98. The first-order valence-corrected chi connectivity index (χ1v) is 23.2. The third-order valence-electron chi connectivity index (χ3n) is 14.0. The predicted molar refractivity (Wildman–Crippen MR) is 262 cm³/mol. The highest BCUT2D eigenvalue weighted by Crippen LogP contribution is 2.55. The van der Waals surface area contributed by atoms with E-state index in [1.165, 1.54) is 16.7 Å². The number of hydrogen-bond acceptors (Lipinski definition) is 8. The van der Waals surface area contributed by atoms with E-state index in [0.29, 0.717) is 26.4 Å². The molecule has 4 aliphatic heterocycles. The van der Waals surface area contributed by atoms with Crippen molar-refractivity contribution in [3.05, 3.63) is 99.6 Å². The number of nitrogens with zero attached hydrogens (tertiary/aromatic N) is 2. The molecule has 7 aromatic rings. The van der Waals surface area contributed by atoms with Gasteiger partial charge in [-0.2, -0.15) is 0 Å². The maximum absolute atomic E-state index is 7.34. The monoisotopic (exact) mass is 854 g/mol. The molecule has 0 fully saturated rings. The van der Waals surface area contributed by atoms with Gasteiger partial charge in [-0.05, 0) is 126 Å². The van der Waals surface area contributed by atoms with E-state index in [4.69, 9.17) is 27.8 Å². The van der Waals surface area contributed by atoms with Crippen molar-refractivity contribution in [2.75, 3.05) is 36.2 Å². The van der Waals surface area contributed by atoms with Crippen LogP contribution >= 0.6 is 0 Å². The number of fused-ring (bicyclic) bond motifs is 10. The standard InChI is InChI=1S/C55H59BN2O6/c1-29(2)34-25-39-45-40(26-34)58(47-31(4)24-44-51(33(47)6)62-22-14-20-60-44)49-38-28-36(55(10,11)12)16-18-42(38)64-53(49)56(45)52-48(37-27-35(54(7,8)9)15-17-41(37)63-52)57(39)46-30(3)23-43-50(32(46)5)61-21-13-19-59-43/h15-18,23-29H,13-14,19-22H2,1-12H3. The fourth-order valence-corrected chi connectivity index (χ4v) is 10.7. The van der Waals surface area contributed by atoms with Gasteiger partial charge in [0.2, 0.25) is 0 Å². The van der Waals surface area contributed by atoms with Crippen LogP contribution in [0.15, 0.2) is 69.5 Å². The van der Waals surface area contributed by atoms with Gasteiger partial charge in [-0.15, -0.1) is 0 Å². The van der Waals surface area contributed by atoms with Crippen molar-refractivity contribution >= 4 is 79.6 Å². The first-order valence-electron chi connectivity index (χ1n) is 23.2. The molecule has 9 heteroatoms. The Bertz CT molecular complexity index is 2890. The van der Waals surface area contributed by atoms with Crippen LogP contribution in [0.2, 0.25) is 0 Å². The summed E-state index contributed by atoms with van der Waals surface area (Å²) in [5, 5.41) is 2.14. The molecule has 5 aromatic carbocycles. The van der Waals surface area contributed by atoms with Crippen LogP contribution in [-0.4, -0.2) is 33.1 Å². The molecule has 0 amide bonds. The summed E-state index contributed by atoms with van der Waals surface area (Å²) in [6.07, 6.45) is 1.66. The van der Waals surface area contributed by atoms with Gasteiger partial charge in [0.25, 0.3) is 0 Å². The molecule has 0 atom stereocenters. The fourth-order valence-electron chi connectivity index (χ4n) is 10.7. The second-order valence-electron chi connectivity index (χ2n) is 20.9. The van der Waals surface area contributed by atoms with E-state index in [0.717, 1.165) is 131 Å². The number of furan rings is 2. The lowest BCUT2D eigenvalue weighted by Crippen LogP contribution is -2.60.